The molecule has 1 aromatic carbocycles. The largest absolute Gasteiger partial charge is 0.486 e. The maximum absolute atomic E-state index is 13.6. The SMILES string of the molecule is N#Cc1cc(COc2ccc(C(=O)O)cc2F)ccn1. The molecule has 0 amide bonds. The topological polar surface area (TPSA) is 83.2 Å². The first-order valence-corrected chi connectivity index (χ1v) is 5.61. The van der Waals surface area contributed by atoms with Gasteiger partial charge in [0.1, 0.15) is 18.4 Å². The number of carboxylic acids is 1. The Hall–Kier alpha value is -2.94. The Morgan fingerprint density at radius 1 is 1.40 bits per heavy atom. The minimum Gasteiger partial charge on any atom is -0.486 e. The van der Waals surface area contributed by atoms with E-state index in [9.17, 15) is 9.18 Å². The van der Waals surface area contributed by atoms with Crippen molar-refractivity contribution in [2.24, 2.45) is 0 Å². The first-order valence-electron chi connectivity index (χ1n) is 5.61. The predicted molar refractivity (Wildman–Crippen MR) is 66.6 cm³/mol. The van der Waals surface area contributed by atoms with Crippen molar-refractivity contribution < 1.29 is 19.0 Å². The molecule has 20 heavy (non-hydrogen) atoms. The molecule has 2 aromatic rings. The van der Waals surface area contributed by atoms with Crippen LogP contribution < -0.4 is 4.74 Å². The van der Waals surface area contributed by atoms with Gasteiger partial charge in [0.15, 0.2) is 11.6 Å². The lowest BCUT2D eigenvalue weighted by atomic mass is 10.2. The number of ether oxygens (including phenoxy) is 1. The first kappa shape index (κ1) is 13.5. The summed E-state index contributed by atoms with van der Waals surface area (Å²) in [4.78, 5) is 14.5. The van der Waals surface area contributed by atoms with Gasteiger partial charge in [0, 0.05) is 6.20 Å². The van der Waals surface area contributed by atoms with Crippen LogP contribution in [0.5, 0.6) is 5.75 Å². The summed E-state index contributed by atoms with van der Waals surface area (Å²) in [5.74, 6) is -2.01. The summed E-state index contributed by atoms with van der Waals surface area (Å²) in [6.45, 7) is 0.0561. The second-order valence-electron chi connectivity index (χ2n) is 3.90. The zero-order chi connectivity index (χ0) is 14.5. The van der Waals surface area contributed by atoms with Crippen LogP contribution in [-0.2, 0) is 6.61 Å². The molecule has 0 atom stereocenters. The van der Waals surface area contributed by atoms with Crippen molar-refractivity contribution in [2.45, 2.75) is 6.61 Å². The lowest BCUT2D eigenvalue weighted by Crippen LogP contribution is -2.01. The fourth-order valence-electron chi connectivity index (χ4n) is 1.54. The molecule has 0 fully saturated rings. The van der Waals surface area contributed by atoms with E-state index in [0.717, 1.165) is 6.07 Å². The molecule has 0 saturated carbocycles. The van der Waals surface area contributed by atoms with Gasteiger partial charge in [-0.05, 0) is 35.9 Å². The molecular formula is C14H9FN2O3. The summed E-state index contributed by atoms with van der Waals surface area (Å²) in [5, 5.41) is 17.4. The van der Waals surface area contributed by atoms with E-state index >= 15 is 0 Å². The van der Waals surface area contributed by atoms with Crippen molar-refractivity contribution in [3.05, 3.63) is 59.2 Å². The van der Waals surface area contributed by atoms with Crippen LogP contribution in [0.1, 0.15) is 21.6 Å². The molecule has 0 aliphatic rings. The molecule has 1 aromatic heterocycles. The summed E-state index contributed by atoms with van der Waals surface area (Å²) < 4.78 is 18.9. The van der Waals surface area contributed by atoms with Gasteiger partial charge >= 0.3 is 5.97 Å². The quantitative estimate of drug-likeness (QED) is 0.923. The highest BCUT2D eigenvalue weighted by Gasteiger charge is 2.09. The molecule has 0 aliphatic carbocycles. The normalized spacial score (nSPS) is 9.80. The fourth-order valence-corrected chi connectivity index (χ4v) is 1.54. The van der Waals surface area contributed by atoms with E-state index in [-0.39, 0.29) is 23.6 Å². The molecular weight excluding hydrogens is 263 g/mol. The lowest BCUT2D eigenvalue weighted by Gasteiger charge is -2.07. The molecule has 5 nitrogen and oxygen atoms in total. The number of pyridine rings is 1. The summed E-state index contributed by atoms with van der Waals surface area (Å²) >= 11 is 0. The number of aromatic nitrogens is 1. The maximum Gasteiger partial charge on any atom is 0.335 e. The summed E-state index contributed by atoms with van der Waals surface area (Å²) in [7, 11) is 0. The van der Waals surface area contributed by atoms with Gasteiger partial charge in [-0.15, -0.1) is 0 Å². The van der Waals surface area contributed by atoms with Gasteiger partial charge in [-0.3, -0.25) is 0 Å². The molecule has 100 valence electrons. The number of nitrogens with zero attached hydrogens (tertiary/aromatic N) is 2. The highest BCUT2D eigenvalue weighted by molar-refractivity contribution is 5.87. The molecule has 1 N–H and O–H groups in total. The second kappa shape index (κ2) is 5.80. The number of hydrogen-bond donors (Lipinski definition) is 1. The Labute approximate surface area is 113 Å². The van der Waals surface area contributed by atoms with Crippen LogP contribution in [0, 0.1) is 17.1 Å². The summed E-state index contributed by atoms with van der Waals surface area (Å²) in [6, 6.07) is 8.47. The fraction of sp³-hybridized carbons (Fsp3) is 0.0714. The van der Waals surface area contributed by atoms with Gasteiger partial charge in [0.05, 0.1) is 5.56 Å². The van der Waals surface area contributed by atoms with Crippen molar-refractivity contribution in [2.75, 3.05) is 0 Å². The minimum absolute atomic E-state index is 0.0506. The molecule has 6 heteroatoms. The zero-order valence-electron chi connectivity index (χ0n) is 10.2. The average Bonchev–Trinajstić information content (AvgIpc) is 2.46. The third-order valence-corrected chi connectivity index (χ3v) is 2.51. The molecule has 1 heterocycles. The second-order valence-corrected chi connectivity index (χ2v) is 3.90. The zero-order valence-corrected chi connectivity index (χ0v) is 10.2. The number of halogens is 1. The Kier molecular flexibility index (Phi) is 3.91. The predicted octanol–water partition coefficient (Wildman–Crippen LogP) is 2.37. The van der Waals surface area contributed by atoms with Crippen LogP contribution in [0.15, 0.2) is 36.5 Å². The summed E-state index contributed by atoms with van der Waals surface area (Å²) in [5.41, 5.74) is 0.761. The van der Waals surface area contributed by atoms with Crippen molar-refractivity contribution >= 4 is 5.97 Å². The Morgan fingerprint density at radius 2 is 2.20 bits per heavy atom. The van der Waals surface area contributed by atoms with Gasteiger partial charge in [-0.25, -0.2) is 14.2 Å². The number of hydrogen-bond acceptors (Lipinski definition) is 4. The van der Waals surface area contributed by atoms with Crippen molar-refractivity contribution in [3.8, 4) is 11.8 Å². The number of carboxylic acid groups (broad SMARTS) is 1. The van der Waals surface area contributed by atoms with Gasteiger partial charge < -0.3 is 9.84 Å². The third kappa shape index (κ3) is 3.09. The van der Waals surface area contributed by atoms with E-state index in [4.69, 9.17) is 15.1 Å². The van der Waals surface area contributed by atoms with Crippen molar-refractivity contribution in [1.29, 1.82) is 5.26 Å². The summed E-state index contributed by atoms with van der Waals surface area (Å²) in [6.07, 6.45) is 1.46. The van der Waals surface area contributed by atoms with E-state index in [1.807, 2.05) is 6.07 Å². The Balaban J connectivity index is 2.11. The van der Waals surface area contributed by atoms with Crippen molar-refractivity contribution in [1.82, 2.24) is 4.98 Å². The number of rotatable bonds is 4. The lowest BCUT2D eigenvalue weighted by molar-refractivity contribution is 0.0696. The molecule has 0 aliphatic heterocycles. The number of benzene rings is 1. The molecule has 2 rings (SSSR count). The smallest absolute Gasteiger partial charge is 0.335 e. The monoisotopic (exact) mass is 272 g/mol. The van der Waals surface area contributed by atoms with E-state index in [1.54, 1.807) is 6.07 Å². The van der Waals surface area contributed by atoms with Crippen LogP contribution in [0.25, 0.3) is 0 Å². The van der Waals surface area contributed by atoms with Gasteiger partial charge in [-0.2, -0.15) is 5.26 Å². The van der Waals surface area contributed by atoms with Crippen LogP contribution in [0.2, 0.25) is 0 Å². The van der Waals surface area contributed by atoms with Gasteiger partial charge in [-0.1, -0.05) is 0 Å². The van der Waals surface area contributed by atoms with Gasteiger partial charge in [0.2, 0.25) is 0 Å². The maximum atomic E-state index is 13.6. The van der Waals surface area contributed by atoms with E-state index in [1.165, 1.54) is 24.4 Å². The highest BCUT2D eigenvalue weighted by Crippen LogP contribution is 2.19. The molecule has 0 bridgehead atoms. The molecule has 0 unspecified atom stereocenters. The Bertz CT molecular complexity index is 695. The third-order valence-electron chi connectivity index (χ3n) is 2.51. The minimum atomic E-state index is -1.21. The molecule has 0 saturated heterocycles. The Morgan fingerprint density at radius 3 is 2.85 bits per heavy atom. The molecule has 0 spiro atoms. The van der Waals surface area contributed by atoms with E-state index < -0.39 is 11.8 Å². The number of aromatic carboxylic acids is 1. The highest BCUT2D eigenvalue weighted by atomic mass is 19.1. The molecule has 0 radical (unpaired) electrons. The average molecular weight is 272 g/mol. The van der Waals surface area contributed by atoms with E-state index in [2.05, 4.69) is 4.98 Å². The van der Waals surface area contributed by atoms with Crippen LogP contribution in [-0.4, -0.2) is 16.1 Å². The van der Waals surface area contributed by atoms with E-state index in [0.29, 0.717) is 5.56 Å². The standard InChI is InChI=1S/C14H9FN2O3/c15-12-6-10(14(18)19)1-2-13(12)20-8-9-3-4-17-11(5-9)7-16/h1-6H,8H2,(H,18,19). The van der Waals surface area contributed by atoms with Gasteiger partial charge in [0.25, 0.3) is 0 Å². The first-order chi connectivity index (χ1) is 9.60. The number of nitriles is 1. The van der Waals surface area contributed by atoms with Crippen molar-refractivity contribution in [3.63, 3.8) is 0 Å². The van der Waals surface area contributed by atoms with Crippen LogP contribution >= 0.6 is 0 Å². The van der Waals surface area contributed by atoms with Crippen LogP contribution in [0.4, 0.5) is 4.39 Å². The van der Waals surface area contributed by atoms with Crippen LogP contribution in [0.3, 0.4) is 0 Å². The number of carbonyl (C=O) groups is 1.